The van der Waals surface area contributed by atoms with Crippen molar-refractivity contribution >= 4 is 15.9 Å². The normalized spacial score (nSPS) is 10.2. The zero-order valence-electron chi connectivity index (χ0n) is 10.4. The van der Waals surface area contributed by atoms with E-state index in [1.165, 1.54) is 5.56 Å². The molecule has 18 heavy (non-hydrogen) atoms. The molecule has 0 bridgehead atoms. The molecule has 0 N–H and O–H groups in total. The number of hydrogen-bond donors (Lipinski definition) is 0. The standard InChI is InChI=1S/C15H15BrO2/c1-17-13-5-3-4-12(9-13)14-8-11(10-16)6-7-15(14)18-2/h3-9H,10H2,1-2H3. The van der Waals surface area contributed by atoms with Gasteiger partial charge in [-0.05, 0) is 35.4 Å². The number of methoxy groups -OCH3 is 2. The zero-order valence-corrected chi connectivity index (χ0v) is 12.0. The van der Waals surface area contributed by atoms with Crippen molar-refractivity contribution in [3.05, 3.63) is 48.0 Å². The van der Waals surface area contributed by atoms with Gasteiger partial charge in [0.05, 0.1) is 14.2 Å². The Kier molecular flexibility index (Phi) is 4.26. The summed E-state index contributed by atoms with van der Waals surface area (Å²) in [5.41, 5.74) is 3.39. The number of rotatable bonds is 4. The molecular formula is C15H15BrO2. The van der Waals surface area contributed by atoms with Crippen molar-refractivity contribution in [1.82, 2.24) is 0 Å². The Labute approximate surface area is 116 Å². The molecule has 2 rings (SSSR count). The molecule has 2 nitrogen and oxygen atoms in total. The zero-order chi connectivity index (χ0) is 13.0. The number of alkyl halides is 1. The third-order valence-electron chi connectivity index (χ3n) is 2.80. The third-order valence-corrected chi connectivity index (χ3v) is 3.45. The van der Waals surface area contributed by atoms with Crippen LogP contribution in [0.15, 0.2) is 42.5 Å². The van der Waals surface area contributed by atoms with Gasteiger partial charge < -0.3 is 9.47 Å². The predicted octanol–water partition coefficient (Wildman–Crippen LogP) is 4.27. The number of halogens is 1. The van der Waals surface area contributed by atoms with Gasteiger partial charge in [0, 0.05) is 10.9 Å². The van der Waals surface area contributed by atoms with E-state index in [-0.39, 0.29) is 0 Å². The Morgan fingerprint density at radius 2 is 1.83 bits per heavy atom. The van der Waals surface area contributed by atoms with Crippen LogP contribution < -0.4 is 9.47 Å². The van der Waals surface area contributed by atoms with E-state index in [1.807, 2.05) is 24.3 Å². The van der Waals surface area contributed by atoms with Gasteiger partial charge in [-0.2, -0.15) is 0 Å². The summed E-state index contributed by atoms with van der Waals surface area (Å²) in [7, 11) is 3.36. The van der Waals surface area contributed by atoms with Crippen LogP contribution in [0.1, 0.15) is 5.56 Å². The minimum atomic E-state index is 0.827. The number of hydrogen-bond acceptors (Lipinski definition) is 2. The molecule has 0 fully saturated rings. The smallest absolute Gasteiger partial charge is 0.126 e. The maximum atomic E-state index is 5.42. The van der Waals surface area contributed by atoms with Crippen molar-refractivity contribution in [2.45, 2.75) is 5.33 Å². The van der Waals surface area contributed by atoms with Crippen LogP contribution in [0.5, 0.6) is 11.5 Å². The summed E-state index contributed by atoms with van der Waals surface area (Å²) in [5, 5.41) is 0.827. The predicted molar refractivity (Wildman–Crippen MR) is 77.6 cm³/mol. The van der Waals surface area contributed by atoms with Gasteiger partial charge in [0.25, 0.3) is 0 Å². The van der Waals surface area contributed by atoms with Crippen LogP contribution in [0.3, 0.4) is 0 Å². The van der Waals surface area contributed by atoms with Crippen molar-refractivity contribution in [1.29, 1.82) is 0 Å². The van der Waals surface area contributed by atoms with Crippen LogP contribution in [-0.4, -0.2) is 14.2 Å². The lowest BCUT2D eigenvalue weighted by Crippen LogP contribution is -1.90. The third kappa shape index (κ3) is 2.67. The van der Waals surface area contributed by atoms with Gasteiger partial charge >= 0.3 is 0 Å². The highest BCUT2D eigenvalue weighted by Crippen LogP contribution is 2.33. The summed E-state index contributed by atoms with van der Waals surface area (Å²) in [6.45, 7) is 0. The van der Waals surface area contributed by atoms with E-state index in [4.69, 9.17) is 9.47 Å². The summed E-state index contributed by atoms with van der Waals surface area (Å²) in [6, 6.07) is 14.2. The fraction of sp³-hybridized carbons (Fsp3) is 0.200. The second-order valence-corrected chi connectivity index (χ2v) is 4.46. The fourth-order valence-electron chi connectivity index (χ4n) is 1.85. The highest BCUT2D eigenvalue weighted by molar-refractivity contribution is 9.08. The molecule has 0 spiro atoms. The SMILES string of the molecule is COc1cccc(-c2cc(CBr)ccc2OC)c1. The lowest BCUT2D eigenvalue weighted by Gasteiger charge is -2.11. The first kappa shape index (κ1) is 13.0. The molecule has 0 radical (unpaired) electrons. The summed E-state index contributed by atoms with van der Waals surface area (Å²) in [5.74, 6) is 1.71. The molecule has 0 atom stereocenters. The van der Waals surface area contributed by atoms with Gasteiger partial charge in [0.2, 0.25) is 0 Å². The average Bonchev–Trinajstić information content (AvgIpc) is 2.46. The van der Waals surface area contributed by atoms with E-state index in [0.29, 0.717) is 0 Å². The molecule has 94 valence electrons. The van der Waals surface area contributed by atoms with Crippen LogP contribution in [0.4, 0.5) is 0 Å². The Morgan fingerprint density at radius 1 is 1.00 bits per heavy atom. The van der Waals surface area contributed by atoms with Gasteiger partial charge in [-0.1, -0.05) is 34.1 Å². The maximum Gasteiger partial charge on any atom is 0.126 e. The van der Waals surface area contributed by atoms with Crippen LogP contribution in [-0.2, 0) is 5.33 Å². The molecule has 0 aromatic heterocycles. The van der Waals surface area contributed by atoms with Gasteiger partial charge in [0.1, 0.15) is 11.5 Å². The molecule has 0 amide bonds. The van der Waals surface area contributed by atoms with E-state index in [1.54, 1.807) is 14.2 Å². The van der Waals surface area contributed by atoms with Gasteiger partial charge in [-0.15, -0.1) is 0 Å². The molecule has 0 unspecified atom stereocenters. The molecule has 3 heteroatoms. The van der Waals surface area contributed by atoms with Crippen LogP contribution >= 0.6 is 15.9 Å². The molecular weight excluding hydrogens is 292 g/mol. The van der Waals surface area contributed by atoms with Crippen molar-refractivity contribution < 1.29 is 9.47 Å². The highest BCUT2D eigenvalue weighted by Gasteiger charge is 2.07. The maximum absolute atomic E-state index is 5.42. The largest absolute Gasteiger partial charge is 0.497 e. The number of benzene rings is 2. The Balaban J connectivity index is 2.53. The fourth-order valence-corrected chi connectivity index (χ4v) is 2.20. The summed E-state index contributed by atoms with van der Waals surface area (Å²) >= 11 is 3.47. The van der Waals surface area contributed by atoms with Crippen LogP contribution in [0.25, 0.3) is 11.1 Å². The first-order valence-electron chi connectivity index (χ1n) is 5.65. The Bertz CT molecular complexity index is 538. The van der Waals surface area contributed by atoms with Gasteiger partial charge in [-0.3, -0.25) is 0 Å². The first-order chi connectivity index (χ1) is 8.78. The second-order valence-electron chi connectivity index (χ2n) is 3.90. The lowest BCUT2D eigenvalue weighted by molar-refractivity contribution is 0.413. The molecule has 0 aliphatic carbocycles. The monoisotopic (exact) mass is 306 g/mol. The lowest BCUT2D eigenvalue weighted by atomic mass is 10.0. The molecule has 0 saturated heterocycles. The van der Waals surface area contributed by atoms with Crippen LogP contribution in [0.2, 0.25) is 0 Å². The molecule has 2 aromatic rings. The van der Waals surface area contributed by atoms with E-state index in [2.05, 4.69) is 34.1 Å². The molecule has 0 heterocycles. The summed E-state index contributed by atoms with van der Waals surface area (Å²) in [6.07, 6.45) is 0. The Hall–Kier alpha value is -1.48. The molecule has 0 aliphatic rings. The van der Waals surface area contributed by atoms with Crippen molar-refractivity contribution in [2.24, 2.45) is 0 Å². The summed E-state index contributed by atoms with van der Waals surface area (Å²) in [4.78, 5) is 0. The van der Waals surface area contributed by atoms with Crippen molar-refractivity contribution in [3.63, 3.8) is 0 Å². The van der Waals surface area contributed by atoms with Crippen molar-refractivity contribution in [3.8, 4) is 22.6 Å². The average molecular weight is 307 g/mol. The minimum Gasteiger partial charge on any atom is -0.497 e. The molecule has 2 aromatic carbocycles. The second kappa shape index (κ2) is 5.91. The molecule has 0 aliphatic heterocycles. The first-order valence-corrected chi connectivity index (χ1v) is 6.78. The molecule has 0 saturated carbocycles. The van der Waals surface area contributed by atoms with Gasteiger partial charge in [0.15, 0.2) is 0 Å². The topological polar surface area (TPSA) is 18.5 Å². The Morgan fingerprint density at radius 3 is 2.50 bits per heavy atom. The van der Waals surface area contributed by atoms with E-state index < -0.39 is 0 Å². The highest BCUT2D eigenvalue weighted by atomic mass is 79.9. The van der Waals surface area contributed by atoms with E-state index in [9.17, 15) is 0 Å². The number of ether oxygens (including phenoxy) is 2. The van der Waals surface area contributed by atoms with Crippen LogP contribution in [0, 0.1) is 0 Å². The summed E-state index contributed by atoms with van der Waals surface area (Å²) < 4.78 is 10.7. The minimum absolute atomic E-state index is 0.827. The van der Waals surface area contributed by atoms with E-state index >= 15 is 0 Å². The van der Waals surface area contributed by atoms with E-state index in [0.717, 1.165) is 28.0 Å². The quantitative estimate of drug-likeness (QED) is 0.786. The van der Waals surface area contributed by atoms with Crippen molar-refractivity contribution in [2.75, 3.05) is 14.2 Å². The van der Waals surface area contributed by atoms with Gasteiger partial charge in [-0.25, -0.2) is 0 Å².